The molecule has 0 saturated carbocycles. The van der Waals surface area contributed by atoms with E-state index in [0.717, 1.165) is 61.6 Å². The molecule has 0 aliphatic heterocycles. The molecule has 0 unspecified atom stereocenters. The van der Waals surface area contributed by atoms with Crippen molar-refractivity contribution < 1.29 is 0 Å². The lowest BCUT2D eigenvalue weighted by Gasteiger charge is -2.10. The first kappa shape index (κ1) is 24.8. The number of hydrogen-bond acceptors (Lipinski definition) is 4. The number of nitrogens with zero attached hydrogens (tertiary/aromatic N) is 5. The van der Waals surface area contributed by atoms with Crippen molar-refractivity contribution in [1.82, 2.24) is 24.5 Å². The molecule has 8 rings (SSSR count). The summed E-state index contributed by atoms with van der Waals surface area (Å²) in [5, 5.41) is 2.40. The van der Waals surface area contributed by atoms with Gasteiger partial charge >= 0.3 is 0 Å². The van der Waals surface area contributed by atoms with E-state index in [4.69, 9.17) is 9.97 Å². The summed E-state index contributed by atoms with van der Waals surface area (Å²) in [6.45, 7) is 0. The van der Waals surface area contributed by atoms with E-state index in [9.17, 15) is 0 Å². The molecule has 8 aromatic rings. The van der Waals surface area contributed by atoms with Crippen LogP contribution in [0.15, 0.2) is 152 Å². The highest BCUT2D eigenvalue weighted by atomic mass is 15.0. The van der Waals surface area contributed by atoms with Gasteiger partial charge in [0, 0.05) is 69.7 Å². The molecule has 202 valence electrons. The topological polar surface area (TPSA) is 56.5 Å². The van der Waals surface area contributed by atoms with Gasteiger partial charge in [-0.25, -0.2) is 4.98 Å². The van der Waals surface area contributed by atoms with Gasteiger partial charge in [0.1, 0.15) is 0 Å². The van der Waals surface area contributed by atoms with Crippen molar-refractivity contribution in [3.05, 3.63) is 152 Å². The van der Waals surface area contributed by atoms with E-state index < -0.39 is 0 Å². The van der Waals surface area contributed by atoms with Gasteiger partial charge in [0.05, 0.1) is 28.1 Å². The highest BCUT2D eigenvalue weighted by molar-refractivity contribution is 6.11. The Bertz CT molecular complexity index is 2210. The van der Waals surface area contributed by atoms with Crippen LogP contribution in [-0.2, 0) is 0 Å². The molecule has 5 nitrogen and oxygen atoms in total. The summed E-state index contributed by atoms with van der Waals surface area (Å²) in [5.74, 6) is 0. The van der Waals surface area contributed by atoms with E-state index in [1.807, 2.05) is 48.9 Å². The van der Waals surface area contributed by atoms with Gasteiger partial charge in [0.15, 0.2) is 0 Å². The first-order chi connectivity index (χ1) is 21.3. The SMILES string of the molecule is c1ccc(-n2c3cc(-c4ccc(-c5cccnc5)nc4)ccc3c3ccc(-c4cccc(-c5cccnc5)n4)cc32)cc1. The fourth-order valence-electron chi connectivity index (χ4n) is 5.73. The lowest BCUT2D eigenvalue weighted by molar-refractivity contribution is 1.18. The molecule has 0 fully saturated rings. The number of pyridine rings is 4. The summed E-state index contributed by atoms with van der Waals surface area (Å²) in [6, 6.07) is 42.1. The fraction of sp³-hybridized carbons (Fsp3) is 0. The van der Waals surface area contributed by atoms with Crippen LogP contribution in [0.4, 0.5) is 0 Å². The molecule has 0 amide bonds. The van der Waals surface area contributed by atoms with Crippen molar-refractivity contribution in [1.29, 1.82) is 0 Å². The molecule has 0 atom stereocenters. The Labute approximate surface area is 248 Å². The molecule has 0 aliphatic carbocycles. The Morgan fingerprint density at radius 2 is 1.05 bits per heavy atom. The molecule has 5 heteroatoms. The number of benzene rings is 3. The molecule has 0 radical (unpaired) electrons. The van der Waals surface area contributed by atoms with Crippen LogP contribution >= 0.6 is 0 Å². The third-order valence-corrected chi connectivity index (χ3v) is 7.84. The Balaban J connectivity index is 1.27. The van der Waals surface area contributed by atoms with Crippen LogP contribution in [0.25, 0.3) is 72.4 Å². The van der Waals surface area contributed by atoms with E-state index >= 15 is 0 Å². The minimum Gasteiger partial charge on any atom is -0.309 e. The highest BCUT2D eigenvalue weighted by Crippen LogP contribution is 2.37. The largest absolute Gasteiger partial charge is 0.309 e. The van der Waals surface area contributed by atoms with Gasteiger partial charge < -0.3 is 4.57 Å². The molecule has 0 spiro atoms. The normalized spacial score (nSPS) is 11.3. The van der Waals surface area contributed by atoms with Crippen molar-refractivity contribution in [3.8, 4) is 50.6 Å². The third-order valence-electron chi connectivity index (χ3n) is 7.84. The van der Waals surface area contributed by atoms with Crippen molar-refractivity contribution >= 4 is 21.8 Å². The maximum Gasteiger partial charge on any atom is 0.0725 e. The Morgan fingerprint density at radius 3 is 1.70 bits per heavy atom. The van der Waals surface area contributed by atoms with Crippen molar-refractivity contribution in [2.45, 2.75) is 0 Å². The van der Waals surface area contributed by atoms with Crippen LogP contribution in [0, 0.1) is 0 Å². The molecule has 0 saturated heterocycles. The predicted octanol–water partition coefficient (Wildman–Crippen LogP) is 9.03. The molecular weight excluding hydrogens is 526 g/mol. The Morgan fingerprint density at radius 1 is 0.419 bits per heavy atom. The number of para-hydroxylation sites is 1. The minimum absolute atomic E-state index is 0.905. The summed E-state index contributed by atoms with van der Waals surface area (Å²) < 4.78 is 2.35. The lowest BCUT2D eigenvalue weighted by atomic mass is 10.0. The molecule has 5 aromatic heterocycles. The van der Waals surface area contributed by atoms with Crippen LogP contribution in [-0.4, -0.2) is 24.5 Å². The average molecular weight is 552 g/mol. The average Bonchev–Trinajstić information content (AvgIpc) is 3.42. The maximum atomic E-state index is 5.00. The zero-order valence-corrected chi connectivity index (χ0v) is 23.2. The summed E-state index contributed by atoms with van der Waals surface area (Å²) in [5.41, 5.74) is 11.4. The molecular formula is C38H25N5. The van der Waals surface area contributed by atoms with Crippen LogP contribution in [0.1, 0.15) is 0 Å². The van der Waals surface area contributed by atoms with E-state index in [-0.39, 0.29) is 0 Å². The van der Waals surface area contributed by atoms with E-state index in [2.05, 4.69) is 106 Å². The van der Waals surface area contributed by atoms with Crippen LogP contribution in [0.5, 0.6) is 0 Å². The van der Waals surface area contributed by atoms with Crippen molar-refractivity contribution in [2.24, 2.45) is 0 Å². The fourth-order valence-corrected chi connectivity index (χ4v) is 5.73. The zero-order valence-electron chi connectivity index (χ0n) is 23.2. The van der Waals surface area contributed by atoms with Gasteiger partial charge in [0.2, 0.25) is 0 Å². The Kier molecular flexibility index (Phi) is 6.05. The first-order valence-corrected chi connectivity index (χ1v) is 14.2. The highest BCUT2D eigenvalue weighted by Gasteiger charge is 2.15. The molecule has 0 bridgehead atoms. The molecule has 3 aromatic carbocycles. The second-order valence-electron chi connectivity index (χ2n) is 10.5. The van der Waals surface area contributed by atoms with Crippen LogP contribution in [0.2, 0.25) is 0 Å². The summed E-state index contributed by atoms with van der Waals surface area (Å²) in [4.78, 5) is 18.2. The Hall–Kier alpha value is -5.94. The van der Waals surface area contributed by atoms with Gasteiger partial charge in [-0.1, -0.05) is 54.6 Å². The number of aromatic nitrogens is 5. The smallest absolute Gasteiger partial charge is 0.0725 e. The van der Waals surface area contributed by atoms with Crippen LogP contribution in [0.3, 0.4) is 0 Å². The van der Waals surface area contributed by atoms with Gasteiger partial charge in [-0.3, -0.25) is 15.0 Å². The summed E-state index contributed by atoms with van der Waals surface area (Å²) in [7, 11) is 0. The maximum absolute atomic E-state index is 5.00. The standard InChI is InChI=1S/C38H25N5/c1-2-9-31(10-3-1)43-37-21-26(28-15-18-34(41-25-28)29-7-5-19-39-23-29)13-16-32(37)33-17-14-27(22-38(33)43)35-11-4-12-36(42-35)30-8-6-20-40-24-30/h1-25H. The molecule has 0 N–H and O–H groups in total. The molecule has 0 aliphatic rings. The lowest BCUT2D eigenvalue weighted by Crippen LogP contribution is -1.94. The van der Waals surface area contributed by atoms with E-state index in [0.29, 0.717) is 0 Å². The van der Waals surface area contributed by atoms with Crippen LogP contribution < -0.4 is 0 Å². The monoisotopic (exact) mass is 551 g/mol. The van der Waals surface area contributed by atoms with Gasteiger partial charge in [-0.2, -0.15) is 0 Å². The summed E-state index contributed by atoms with van der Waals surface area (Å²) >= 11 is 0. The van der Waals surface area contributed by atoms with E-state index in [1.165, 1.54) is 10.8 Å². The van der Waals surface area contributed by atoms with Gasteiger partial charge in [0.25, 0.3) is 0 Å². The number of hydrogen-bond donors (Lipinski definition) is 0. The summed E-state index contributed by atoms with van der Waals surface area (Å²) in [6.07, 6.45) is 9.19. The minimum atomic E-state index is 0.905. The second-order valence-corrected chi connectivity index (χ2v) is 10.5. The predicted molar refractivity (Wildman–Crippen MR) is 174 cm³/mol. The quantitative estimate of drug-likeness (QED) is 0.214. The van der Waals surface area contributed by atoms with Crippen molar-refractivity contribution in [2.75, 3.05) is 0 Å². The second kappa shape index (κ2) is 10.5. The molecule has 5 heterocycles. The third kappa shape index (κ3) is 4.53. The number of fused-ring (bicyclic) bond motifs is 3. The zero-order chi connectivity index (χ0) is 28.6. The molecule has 43 heavy (non-hydrogen) atoms. The van der Waals surface area contributed by atoms with Gasteiger partial charge in [-0.15, -0.1) is 0 Å². The van der Waals surface area contributed by atoms with E-state index in [1.54, 1.807) is 12.4 Å². The first-order valence-electron chi connectivity index (χ1n) is 14.2. The van der Waals surface area contributed by atoms with Gasteiger partial charge in [-0.05, 0) is 72.3 Å². The number of rotatable bonds is 5. The van der Waals surface area contributed by atoms with Crippen molar-refractivity contribution in [3.63, 3.8) is 0 Å².